The summed E-state index contributed by atoms with van der Waals surface area (Å²) < 4.78 is 31.2. The van der Waals surface area contributed by atoms with Crippen LogP contribution in [0.4, 0.5) is 0 Å². The van der Waals surface area contributed by atoms with Gasteiger partial charge in [0.25, 0.3) is 5.91 Å². The second kappa shape index (κ2) is 7.60. The van der Waals surface area contributed by atoms with Crippen LogP contribution in [0.2, 0.25) is 5.02 Å². The monoisotopic (exact) mass is 336 g/mol. The Bertz CT molecular complexity index is 604. The molecule has 0 aliphatic rings. The molecule has 0 aliphatic carbocycles. The molecule has 0 radical (unpaired) electrons. The van der Waals surface area contributed by atoms with E-state index in [4.69, 9.17) is 21.4 Å². The zero-order valence-corrected chi connectivity index (χ0v) is 13.2. The fourth-order valence-electron chi connectivity index (χ4n) is 1.29. The normalized spacial score (nSPS) is 12.8. The van der Waals surface area contributed by atoms with Crippen molar-refractivity contribution in [2.75, 3.05) is 20.2 Å². The molecule has 1 rings (SSSR count). The van der Waals surface area contributed by atoms with E-state index in [-0.39, 0.29) is 34.7 Å². The first-order chi connectivity index (χ1) is 9.76. The SMILES string of the molecule is CNC(=O)COc1ccc(S(=O)(=O)NC[C@@H](C)O)cc1Cl. The van der Waals surface area contributed by atoms with E-state index in [1.165, 1.54) is 32.2 Å². The predicted molar refractivity (Wildman–Crippen MR) is 77.9 cm³/mol. The topological polar surface area (TPSA) is 105 Å². The Morgan fingerprint density at radius 3 is 2.67 bits per heavy atom. The van der Waals surface area contributed by atoms with Crippen molar-refractivity contribution in [2.45, 2.75) is 17.9 Å². The molecule has 0 bridgehead atoms. The van der Waals surface area contributed by atoms with Gasteiger partial charge in [-0.05, 0) is 25.1 Å². The Morgan fingerprint density at radius 1 is 1.48 bits per heavy atom. The molecule has 0 unspecified atom stereocenters. The number of halogens is 1. The van der Waals surface area contributed by atoms with Crippen LogP contribution in [0, 0.1) is 0 Å². The summed E-state index contributed by atoms with van der Waals surface area (Å²) in [5.41, 5.74) is 0. The molecule has 9 heteroatoms. The van der Waals surface area contributed by atoms with Crippen molar-refractivity contribution in [3.05, 3.63) is 23.2 Å². The van der Waals surface area contributed by atoms with Gasteiger partial charge in [-0.2, -0.15) is 0 Å². The van der Waals surface area contributed by atoms with Crippen LogP contribution in [0.3, 0.4) is 0 Å². The van der Waals surface area contributed by atoms with Crippen LogP contribution in [0.15, 0.2) is 23.1 Å². The predicted octanol–water partition coefficient (Wildman–Crippen LogP) is 0.124. The standard InChI is InChI=1S/C12H17ClN2O5S/c1-8(16)6-15-21(18,19)9-3-4-11(10(13)5-9)20-7-12(17)14-2/h3-5,8,15-16H,6-7H2,1-2H3,(H,14,17)/t8-/m1/s1. The van der Waals surface area contributed by atoms with Crippen molar-refractivity contribution < 1.29 is 23.1 Å². The van der Waals surface area contributed by atoms with Crippen molar-refractivity contribution in [1.29, 1.82) is 0 Å². The number of carbonyl (C=O) groups is 1. The highest BCUT2D eigenvalue weighted by atomic mass is 35.5. The molecular weight excluding hydrogens is 320 g/mol. The molecular formula is C12H17ClN2O5S. The number of rotatable bonds is 7. The molecule has 3 N–H and O–H groups in total. The highest BCUT2D eigenvalue weighted by molar-refractivity contribution is 7.89. The van der Waals surface area contributed by atoms with E-state index >= 15 is 0 Å². The van der Waals surface area contributed by atoms with Gasteiger partial charge in [0.15, 0.2) is 6.61 Å². The van der Waals surface area contributed by atoms with Crippen molar-refractivity contribution in [1.82, 2.24) is 10.0 Å². The van der Waals surface area contributed by atoms with Gasteiger partial charge in [-0.25, -0.2) is 13.1 Å². The van der Waals surface area contributed by atoms with Gasteiger partial charge in [-0.15, -0.1) is 0 Å². The maximum absolute atomic E-state index is 11.9. The fraction of sp³-hybridized carbons (Fsp3) is 0.417. The third-order valence-corrected chi connectivity index (χ3v) is 4.14. The van der Waals surface area contributed by atoms with Crippen LogP contribution < -0.4 is 14.8 Å². The second-order valence-electron chi connectivity index (χ2n) is 4.25. The third kappa shape index (κ3) is 5.50. The summed E-state index contributed by atoms with van der Waals surface area (Å²) in [5.74, 6) is -0.129. The van der Waals surface area contributed by atoms with E-state index in [1.54, 1.807) is 0 Å². The van der Waals surface area contributed by atoms with Crippen LogP contribution in [0.5, 0.6) is 5.75 Å². The lowest BCUT2D eigenvalue weighted by Crippen LogP contribution is -2.30. The van der Waals surface area contributed by atoms with Crippen molar-refractivity contribution in [2.24, 2.45) is 0 Å². The van der Waals surface area contributed by atoms with E-state index in [0.717, 1.165) is 0 Å². The first kappa shape index (κ1) is 17.7. The molecule has 0 spiro atoms. The minimum absolute atomic E-state index is 0.0551. The summed E-state index contributed by atoms with van der Waals surface area (Å²) in [7, 11) is -2.29. The number of aliphatic hydroxyl groups is 1. The number of benzene rings is 1. The van der Waals surface area contributed by atoms with Crippen LogP contribution in [0.1, 0.15) is 6.92 Å². The number of hydrogen-bond donors (Lipinski definition) is 3. The molecule has 1 atom stereocenters. The van der Waals surface area contributed by atoms with E-state index < -0.39 is 16.1 Å². The summed E-state index contributed by atoms with van der Waals surface area (Å²) in [6, 6.07) is 3.88. The van der Waals surface area contributed by atoms with Crippen LogP contribution in [-0.2, 0) is 14.8 Å². The van der Waals surface area contributed by atoms with E-state index in [2.05, 4.69) is 10.0 Å². The van der Waals surface area contributed by atoms with Gasteiger partial charge in [-0.1, -0.05) is 11.6 Å². The Hall–Kier alpha value is -1.35. The van der Waals surface area contributed by atoms with Gasteiger partial charge in [0.2, 0.25) is 10.0 Å². The maximum atomic E-state index is 11.9. The van der Waals surface area contributed by atoms with Gasteiger partial charge < -0.3 is 15.2 Å². The van der Waals surface area contributed by atoms with Gasteiger partial charge in [-0.3, -0.25) is 4.79 Å². The molecule has 0 saturated heterocycles. The number of sulfonamides is 1. The lowest BCUT2D eigenvalue weighted by molar-refractivity contribution is -0.122. The number of carbonyl (C=O) groups excluding carboxylic acids is 1. The van der Waals surface area contributed by atoms with Gasteiger partial charge >= 0.3 is 0 Å². The summed E-state index contributed by atoms with van der Waals surface area (Å²) in [4.78, 5) is 11.0. The minimum Gasteiger partial charge on any atom is -0.482 e. The van der Waals surface area contributed by atoms with Crippen molar-refractivity contribution >= 4 is 27.5 Å². The van der Waals surface area contributed by atoms with Crippen LogP contribution >= 0.6 is 11.6 Å². The summed E-state index contributed by atoms with van der Waals surface area (Å²) in [6.45, 7) is 1.14. The molecule has 1 amide bonds. The molecule has 0 aromatic heterocycles. The van der Waals surface area contributed by atoms with Crippen molar-refractivity contribution in [3.8, 4) is 5.75 Å². The zero-order valence-electron chi connectivity index (χ0n) is 11.6. The Kier molecular flexibility index (Phi) is 6.41. The maximum Gasteiger partial charge on any atom is 0.257 e. The molecule has 0 fully saturated rings. The largest absolute Gasteiger partial charge is 0.482 e. The first-order valence-corrected chi connectivity index (χ1v) is 7.93. The number of aliphatic hydroxyl groups excluding tert-OH is 1. The number of amides is 1. The third-order valence-electron chi connectivity index (χ3n) is 2.42. The van der Waals surface area contributed by atoms with Crippen LogP contribution in [0.25, 0.3) is 0 Å². The lowest BCUT2D eigenvalue weighted by Gasteiger charge is -2.11. The molecule has 21 heavy (non-hydrogen) atoms. The van der Waals surface area contributed by atoms with Crippen molar-refractivity contribution in [3.63, 3.8) is 0 Å². The second-order valence-corrected chi connectivity index (χ2v) is 6.43. The number of ether oxygens (including phenoxy) is 1. The summed E-state index contributed by atoms with van der Waals surface area (Å²) in [6.07, 6.45) is -0.801. The zero-order chi connectivity index (χ0) is 16.0. The number of likely N-dealkylation sites (N-methyl/N-ethyl adjacent to an activating group) is 1. The number of nitrogens with one attached hydrogen (secondary N) is 2. The number of hydrogen-bond acceptors (Lipinski definition) is 5. The highest BCUT2D eigenvalue weighted by Gasteiger charge is 2.16. The molecule has 0 aliphatic heterocycles. The highest BCUT2D eigenvalue weighted by Crippen LogP contribution is 2.27. The molecule has 7 nitrogen and oxygen atoms in total. The molecule has 1 aromatic carbocycles. The molecule has 1 aromatic rings. The Labute approximate surface area is 128 Å². The Balaban J connectivity index is 2.84. The molecule has 0 heterocycles. The summed E-state index contributed by atoms with van der Waals surface area (Å²) >= 11 is 5.93. The van der Waals surface area contributed by atoms with E-state index in [9.17, 15) is 13.2 Å². The van der Waals surface area contributed by atoms with E-state index in [1.807, 2.05) is 0 Å². The average molecular weight is 337 g/mol. The average Bonchev–Trinajstić information content (AvgIpc) is 2.43. The quantitative estimate of drug-likeness (QED) is 0.656. The molecule has 0 saturated carbocycles. The Morgan fingerprint density at radius 2 is 2.14 bits per heavy atom. The van der Waals surface area contributed by atoms with Crippen LogP contribution in [-0.4, -0.2) is 45.7 Å². The lowest BCUT2D eigenvalue weighted by atomic mass is 10.3. The van der Waals surface area contributed by atoms with E-state index in [0.29, 0.717) is 0 Å². The smallest absolute Gasteiger partial charge is 0.257 e. The van der Waals surface area contributed by atoms with Gasteiger partial charge in [0.05, 0.1) is 16.0 Å². The first-order valence-electron chi connectivity index (χ1n) is 6.07. The molecule has 118 valence electrons. The van der Waals surface area contributed by atoms with Gasteiger partial charge in [0, 0.05) is 13.6 Å². The van der Waals surface area contributed by atoms with Gasteiger partial charge in [0.1, 0.15) is 5.75 Å². The minimum atomic E-state index is -3.76. The summed E-state index contributed by atoms with van der Waals surface area (Å²) in [5, 5.41) is 11.5. The fourth-order valence-corrected chi connectivity index (χ4v) is 2.74.